The zero-order chi connectivity index (χ0) is 11.2. The normalized spacial score (nSPS) is 32.8. The second kappa shape index (κ2) is 6.58. The van der Waals surface area contributed by atoms with Crippen molar-refractivity contribution in [1.29, 1.82) is 0 Å². The molecule has 3 nitrogen and oxygen atoms in total. The fourth-order valence-electron chi connectivity index (χ4n) is 2.87. The predicted molar refractivity (Wildman–Crippen MR) is 66.7 cm³/mol. The average molecular weight is 226 g/mol. The first-order valence-electron chi connectivity index (χ1n) is 6.89. The van der Waals surface area contributed by atoms with Gasteiger partial charge in [-0.1, -0.05) is 0 Å². The van der Waals surface area contributed by atoms with Crippen molar-refractivity contribution in [3.05, 3.63) is 0 Å². The number of hydrogen-bond acceptors (Lipinski definition) is 3. The highest BCUT2D eigenvalue weighted by atomic mass is 16.5. The average Bonchev–Trinajstić information content (AvgIpc) is 2.30. The molecule has 3 heteroatoms. The first-order chi connectivity index (χ1) is 7.84. The maximum absolute atomic E-state index is 5.55. The molecule has 2 fully saturated rings. The fraction of sp³-hybridized carbons (Fsp3) is 1.00. The summed E-state index contributed by atoms with van der Waals surface area (Å²) in [7, 11) is 0. The molecule has 0 saturated carbocycles. The number of piperidine rings is 1. The predicted octanol–water partition coefficient (Wildman–Crippen LogP) is 1.49. The van der Waals surface area contributed by atoms with E-state index in [0.717, 1.165) is 25.6 Å². The summed E-state index contributed by atoms with van der Waals surface area (Å²) >= 11 is 0. The molecule has 0 amide bonds. The highest BCUT2D eigenvalue weighted by Gasteiger charge is 2.17. The van der Waals surface area contributed by atoms with Crippen molar-refractivity contribution in [1.82, 2.24) is 10.2 Å². The third kappa shape index (κ3) is 4.04. The molecule has 0 radical (unpaired) electrons. The highest BCUT2D eigenvalue weighted by molar-refractivity contribution is 4.71. The van der Waals surface area contributed by atoms with E-state index in [1.54, 1.807) is 0 Å². The van der Waals surface area contributed by atoms with Gasteiger partial charge in [-0.05, 0) is 58.2 Å². The molecule has 0 aliphatic carbocycles. The topological polar surface area (TPSA) is 24.5 Å². The standard InChI is InChI=1S/C13H26N2O/c1-12-11-15(8-9-16-12)7-3-5-13-4-2-6-14-10-13/h12-14H,2-11H2,1H3. The molecule has 0 aromatic rings. The van der Waals surface area contributed by atoms with Crippen LogP contribution in [0.4, 0.5) is 0 Å². The number of hydrogen-bond donors (Lipinski definition) is 1. The molecule has 2 aliphatic rings. The Balaban J connectivity index is 1.56. The Morgan fingerprint density at radius 3 is 3.12 bits per heavy atom. The minimum atomic E-state index is 0.435. The number of rotatable bonds is 4. The van der Waals surface area contributed by atoms with Crippen LogP contribution in [-0.4, -0.2) is 50.3 Å². The Kier molecular flexibility index (Phi) is 5.07. The van der Waals surface area contributed by atoms with Crippen LogP contribution in [0.25, 0.3) is 0 Å². The van der Waals surface area contributed by atoms with E-state index in [-0.39, 0.29) is 0 Å². The van der Waals surface area contributed by atoms with Crippen molar-refractivity contribution >= 4 is 0 Å². The lowest BCUT2D eigenvalue weighted by atomic mass is 9.94. The maximum Gasteiger partial charge on any atom is 0.0674 e. The summed E-state index contributed by atoms with van der Waals surface area (Å²) in [6, 6.07) is 0. The molecule has 0 aromatic carbocycles. The van der Waals surface area contributed by atoms with Crippen LogP contribution in [-0.2, 0) is 4.74 Å². The Bertz CT molecular complexity index is 192. The van der Waals surface area contributed by atoms with Crippen LogP contribution in [0, 0.1) is 5.92 Å². The third-order valence-corrected chi connectivity index (χ3v) is 3.81. The van der Waals surface area contributed by atoms with E-state index in [9.17, 15) is 0 Å². The van der Waals surface area contributed by atoms with Crippen LogP contribution in [0.3, 0.4) is 0 Å². The summed E-state index contributed by atoms with van der Waals surface area (Å²) in [5.74, 6) is 0.937. The van der Waals surface area contributed by atoms with E-state index in [0.29, 0.717) is 6.10 Å². The lowest BCUT2D eigenvalue weighted by Gasteiger charge is -2.31. The quantitative estimate of drug-likeness (QED) is 0.786. The minimum Gasteiger partial charge on any atom is -0.376 e. The monoisotopic (exact) mass is 226 g/mol. The van der Waals surface area contributed by atoms with Gasteiger partial charge in [-0.25, -0.2) is 0 Å². The van der Waals surface area contributed by atoms with E-state index >= 15 is 0 Å². The first kappa shape index (κ1) is 12.3. The SMILES string of the molecule is CC1CN(CCCC2CCCNC2)CCO1. The van der Waals surface area contributed by atoms with Gasteiger partial charge in [0.15, 0.2) is 0 Å². The second-order valence-corrected chi connectivity index (χ2v) is 5.34. The molecule has 2 rings (SSSR count). The van der Waals surface area contributed by atoms with Gasteiger partial charge in [0.1, 0.15) is 0 Å². The summed E-state index contributed by atoms with van der Waals surface area (Å²) < 4.78 is 5.55. The van der Waals surface area contributed by atoms with Gasteiger partial charge in [0, 0.05) is 13.1 Å². The van der Waals surface area contributed by atoms with Crippen molar-refractivity contribution in [3.8, 4) is 0 Å². The number of ether oxygens (including phenoxy) is 1. The summed E-state index contributed by atoms with van der Waals surface area (Å²) in [6.45, 7) is 9.11. The number of morpholine rings is 1. The molecule has 1 N–H and O–H groups in total. The summed E-state index contributed by atoms with van der Waals surface area (Å²) in [6.07, 6.45) is 6.01. The van der Waals surface area contributed by atoms with Crippen molar-refractivity contribution in [2.75, 3.05) is 39.3 Å². The zero-order valence-corrected chi connectivity index (χ0v) is 10.6. The van der Waals surface area contributed by atoms with Crippen LogP contribution in [0.15, 0.2) is 0 Å². The van der Waals surface area contributed by atoms with Crippen molar-refractivity contribution in [2.24, 2.45) is 5.92 Å². The fourth-order valence-corrected chi connectivity index (χ4v) is 2.87. The van der Waals surface area contributed by atoms with Crippen LogP contribution >= 0.6 is 0 Å². The summed E-state index contributed by atoms with van der Waals surface area (Å²) in [5, 5.41) is 3.50. The largest absolute Gasteiger partial charge is 0.376 e. The van der Waals surface area contributed by atoms with E-state index < -0.39 is 0 Å². The number of nitrogens with zero attached hydrogens (tertiary/aromatic N) is 1. The molecular formula is C13H26N2O. The molecule has 2 heterocycles. The van der Waals surface area contributed by atoms with Crippen LogP contribution < -0.4 is 5.32 Å². The van der Waals surface area contributed by atoms with Crippen LogP contribution in [0.1, 0.15) is 32.6 Å². The van der Waals surface area contributed by atoms with E-state index in [2.05, 4.69) is 17.1 Å². The second-order valence-electron chi connectivity index (χ2n) is 5.34. The van der Waals surface area contributed by atoms with Crippen molar-refractivity contribution in [3.63, 3.8) is 0 Å². The lowest BCUT2D eigenvalue weighted by molar-refractivity contribution is -0.0189. The van der Waals surface area contributed by atoms with Gasteiger partial charge in [0.25, 0.3) is 0 Å². The van der Waals surface area contributed by atoms with Gasteiger partial charge in [0.2, 0.25) is 0 Å². The molecule has 94 valence electrons. The molecule has 0 aromatic heterocycles. The van der Waals surface area contributed by atoms with Gasteiger partial charge in [0.05, 0.1) is 12.7 Å². The Hall–Kier alpha value is -0.120. The van der Waals surface area contributed by atoms with Crippen LogP contribution in [0.2, 0.25) is 0 Å². The zero-order valence-electron chi connectivity index (χ0n) is 10.6. The maximum atomic E-state index is 5.55. The molecule has 2 aliphatic heterocycles. The molecule has 2 saturated heterocycles. The molecule has 0 spiro atoms. The first-order valence-corrected chi connectivity index (χ1v) is 6.89. The Morgan fingerprint density at radius 2 is 2.38 bits per heavy atom. The Morgan fingerprint density at radius 1 is 1.44 bits per heavy atom. The smallest absolute Gasteiger partial charge is 0.0674 e. The van der Waals surface area contributed by atoms with Gasteiger partial charge >= 0.3 is 0 Å². The van der Waals surface area contributed by atoms with Crippen molar-refractivity contribution in [2.45, 2.75) is 38.7 Å². The summed E-state index contributed by atoms with van der Waals surface area (Å²) in [5.41, 5.74) is 0. The van der Waals surface area contributed by atoms with Crippen LogP contribution in [0.5, 0.6) is 0 Å². The van der Waals surface area contributed by atoms with Crippen molar-refractivity contribution < 1.29 is 4.74 Å². The van der Waals surface area contributed by atoms with E-state index in [4.69, 9.17) is 4.74 Å². The summed E-state index contributed by atoms with van der Waals surface area (Å²) in [4.78, 5) is 2.56. The third-order valence-electron chi connectivity index (χ3n) is 3.81. The Labute approximate surface area is 99.5 Å². The molecular weight excluding hydrogens is 200 g/mol. The molecule has 0 bridgehead atoms. The molecule has 2 atom stereocenters. The van der Waals surface area contributed by atoms with Gasteiger partial charge in [-0.3, -0.25) is 4.90 Å². The number of nitrogens with one attached hydrogen (secondary N) is 1. The van der Waals surface area contributed by atoms with Gasteiger partial charge in [-0.2, -0.15) is 0 Å². The van der Waals surface area contributed by atoms with Gasteiger partial charge in [-0.15, -0.1) is 0 Å². The lowest BCUT2D eigenvalue weighted by Crippen LogP contribution is -2.41. The molecule has 16 heavy (non-hydrogen) atoms. The minimum absolute atomic E-state index is 0.435. The van der Waals surface area contributed by atoms with E-state index in [1.807, 2.05) is 0 Å². The molecule has 2 unspecified atom stereocenters. The highest BCUT2D eigenvalue weighted by Crippen LogP contribution is 2.16. The van der Waals surface area contributed by atoms with Gasteiger partial charge < -0.3 is 10.1 Å². The van der Waals surface area contributed by atoms with E-state index in [1.165, 1.54) is 45.3 Å².